The van der Waals surface area contributed by atoms with Crippen LogP contribution in [0.1, 0.15) is 36.6 Å². The van der Waals surface area contributed by atoms with E-state index >= 15 is 0 Å². The summed E-state index contributed by atoms with van der Waals surface area (Å²) in [4.78, 5) is 0.862. The van der Waals surface area contributed by atoms with E-state index in [1.54, 1.807) is 11.3 Å². The highest BCUT2D eigenvalue weighted by Gasteiger charge is 2.26. The molecule has 0 atom stereocenters. The maximum Gasteiger partial charge on any atom is 0.234 e. The molecule has 1 saturated carbocycles. The van der Waals surface area contributed by atoms with Crippen LogP contribution in [0.3, 0.4) is 0 Å². The molecule has 3 aromatic rings. The van der Waals surface area contributed by atoms with Gasteiger partial charge in [0, 0.05) is 17.2 Å². The van der Waals surface area contributed by atoms with E-state index in [0.717, 1.165) is 32.6 Å². The van der Waals surface area contributed by atoms with Crippen molar-refractivity contribution < 1.29 is 0 Å². The van der Waals surface area contributed by atoms with E-state index in [1.165, 1.54) is 19.3 Å². The molecule has 0 amide bonds. The van der Waals surface area contributed by atoms with E-state index in [0.29, 0.717) is 5.92 Å². The van der Waals surface area contributed by atoms with Crippen molar-refractivity contribution in [2.24, 2.45) is 0 Å². The highest BCUT2D eigenvalue weighted by molar-refractivity contribution is 7.19. The van der Waals surface area contributed by atoms with Gasteiger partial charge in [0.1, 0.15) is 5.01 Å². The predicted octanol–water partition coefficient (Wildman–Crippen LogP) is 3.01. The lowest BCUT2D eigenvalue weighted by Gasteiger charge is -2.22. The van der Waals surface area contributed by atoms with Crippen molar-refractivity contribution in [2.45, 2.75) is 32.1 Å². The van der Waals surface area contributed by atoms with Crippen LogP contribution in [0.5, 0.6) is 0 Å². The molecule has 0 radical (unpaired) electrons. The molecule has 1 aliphatic carbocycles. The van der Waals surface area contributed by atoms with Gasteiger partial charge in [-0.2, -0.15) is 9.61 Å². The molecule has 2 aromatic heterocycles. The molecule has 6 heteroatoms. The number of anilines is 1. The average molecular weight is 285 g/mol. The molecule has 20 heavy (non-hydrogen) atoms. The van der Waals surface area contributed by atoms with Crippen LogP contribution in [0.15, 0.2) is 18.2 Å². The Morgan fingerprint density at radius 3 is 2.85 bits per heavy atom. The Labute approximate surface area is 120 Å². The van der Waals surface area contributed by atoms with Gasteiger partial charge in [-0.05, 0) is 31.4 Å². The number of nitrogens with zero attached hydrogens (tertiary/aromatic N) is 4. The number of hydrogen-bond donors (Lipinski definition) is 1. The van der Waals surface area contributed by atoms with E-state index in [-0.39, 0.29) is 0 Å². The van der Waals surface area contributed by atoms with Crippen molar-refractivity contribution in [1.29, 1.82) is 0 Å². The third kappa shape index (κ3) is 1.71. The summed E-state index contributed by atoms with van der Waals surface area (Å²) in [7, 11) is 0. The Hall–Kier alpha value is -1.95. The monoisotopic (exact) mass is 285 g/mol. The van der Waals surface area contributed by atoms with Crippen molar-refractivity contribution >= 4 is 22.0 Å². The van der Waals surface area contributed by atoms with Crippen LogP contribution in [0.4, 0.5) is 5.69 Å². The van der Waals surface area contributed by atoms with E-state index < -0.39 is 0 Å². The molecule has 0 bridgehead atoms. The lowest BCUT2D eigenvalue weighted by Crippen LogP contribution is -2.12. The Kier molecular flexibility index (Phi) is 2.53. The second kappa shape index (κ2) is 4.28. The molecule has 2 heterocycles. The molecular formula is C14H15N5S. The summed E-state index contributed by atoms with van der Waals surface area (Å²) in [5.41, 5.74) is 8.91. The Morgan fingerprint density at radius 2 is 2.15 bits per heavy atom. The summed E-state index contributed by atoms with van der Waals surface area (Å²) >= 11 is 1.56. The van der Waals surface area contributed by atoms with Crippen LogP contribution in [-0.4, -0.2) is 19.8 Å². The van der Waals surface area contributed by atoms with Crippen LogP contribution in [0.2, 0.25) is 0 Å². The Bertz CT molecular complexity index is 784. The Morgan fingerprint density at radius 1 is 1.30 bits per heavy atom. The highest BCUT2D eigenvalue weighted by Crippen LogP contribution is 2.36. The van der Waals surface area contributed by atoms with Crippen molar-refractivity contribution in [3.63, 3.8) is 0 Å². The van der Waals surface area contributed by atoms with Gasteiger partial charge in [-0.3, -0.25) is 0 Å². The average Bonchev–Trinajstić information content (AvgIpc) is 2.93. The van der Waals surface area contributed by atoms with Gasteiger partial charge < -0.3 is 5.73 Å². The number of aryl methyl sites for hydroxylation is 1. The first-order valence-corrected chi connectivity index (χ1v) is 7.62. The molecule has 1 fully saturated rings. The number of rotatable bonds is 2. The minimum atomic E-state index is 0.531. The first-order valence-electron chi connectivity index (χ1n) is 6.81. The normalized spacial score (nSPS) is 15.7. The Balaban J connectivity index is 1.80. The van der Waals surface area contributed by atoms with Crippen molar-refractivity contribution in [1.82, 2.24) is 19.8 Å². The lowest BCUT2D eigenvalue weighted by molar-refractivity contribution is 0.395. The van der Waals surface area contributed by atoms with Gasteiger partial charge in [0.25, 0.3) is 0 Å². The fourth-order valence-electron chi connectivity index (χ4n) is 2.44. The fraction of sp³-hybridized carbons (Fsp3) is 0.357. The van der Waals surface area contributed by atoms with Crippen LogP contribution in [0.25, 0.3) is 15.5 Å². The number of aromatic nitrogens is 4. The maximum atomic E-state index is 5.98. The second-order valence-corrected chi connectivity index (χ2v) is 6.31. The minimum Gasteiger partial charge on any atom is -0.398 e. The minimum absolute atomic E-state index is 0.531. The zero-order chi connectivity index (χ0) is 13.7. The molecule has 5 nitrogen and oxygen atoms in total. The summed E-state index contributed by atoms with van der Waals surface area (Å²) in [6.45, 7) is 2.01. The van der Waals surface area contributed by atoms with Gasteiger partial charge in [-0.15, -0.1) is 10.2 Å². The summed E-state index contributed by atoms with van der Waals surface area (Å²) in [6, 6.07) is 6.06. The van der Waals surface area contributed by atoms with Gasteiger partial charge in [0.05, 0.1) is 0 Å². The molecule has 2 N–H and O–H groups in total. The summed E-state index contributed by atoms with van der Waals surface area (Å²) < 4.78 is 1.90. The highest BCUT2D eigenvalue weighted by atomic mass is 32.1. The molecule has 1 aliphatic rings. The van der Waals surface area contributed by atoms with Crippen molar-refractivity contribution in [3.05, 3.63) is 29.6 Å². The smallest absolute Gasteiger partial charge is 0.234 e. The molecule has 0 aliphatic heterocycles. The quantitative estimate of drug-likeness (QED) is 0.735. The van der Waals surface area contributed by atoms with Gasteiger partial charge in [-0.1, -0.05) is 29.9 Å². The van der Waals surface area contributed by atoms with Crippen LogP contribution in [-0.2, 0) is 0 Å². The molecule has 4 rings (SSSR count). The zero-order valence-corrected chi connectivity index (χ0v) is 12.0. The van der Waals surface area contributed by atoms with Gasteiger partial charge in [0.2, 0.25) is 4.96 Å². The summed E-state index contributed by atoms with van der Waals surface area (Å²) in [5, 5.41) is 14.1. The molecule has 0 saturated heterocycles. The van der Waals surface area contributed by atoms with Crippen LogP contribution < -0.4 is 5.73 Å². The number of benzene rings is 1. The fourth-order valence-corrected chi connectivity index (χ4v) is 3.29. The summed E-state index contributed by atoms with van der Waals surface area (Å²) in [5.74, 6) is 1.54. The first-order chi connectivity index (χ1) is 9.72. The largest absolute Gasteiger partial charge is 0.398 e. The van der Waals surface area contributed by atoms with Crippen LogP contribution >= 0.6 is 11.3 Å². The SMILES string of the molecule is Cc1ccc(-c2nn3c(C4CCC4)nnc3s2)cc1N. The van der Waals surface area contributed by atoms with E-state index in [2.05, 4.69) is 21.4 Å². The predicted molar refractivity (Wildman–Crippen MR) is 79.8 cm³/mol. The van der Waals surface area contributed by atoms with Gasteiger partial charge in [0.15, 0.2) is 5.82 Å². The molecular weight excluding hydrogens is 270 g/mol. The number of fused-ring (bicyclic) bond motifs is 1. The first kappa shape index (κ1) is 11.8. The van der Waals surface area contributed by atoms with Gasteiger partial charge >= 0.3 is 0 Å². The van der Waals surface area contributed by atoms with Crippen LogP contribution in [0, 0.1) is 6.92 Å². The third-order valence-electron chi connectivity index (χ3n) is 4.01. The standard InChI is InChI=1S/C14H15N5S/c1-8-5-6-10(7-11(8)15)13-18-19-12(9-3-2-4-9)16-17-14(19)20-13/h5-7,9H,2-4,15H2,1H3. The number of hydrogen-bond acceptors (Lipinski definition) is 5. The number of nitrogen functional groups attached to an aromatic ring is 1. The molecule has 0 unspecified atom stereocenters. The molecule has 0 spiro atoms. The maximum absolute atomic E-state index is 5.98. The third-order valence-corrected chi connectivity index (χ3v) is 4.96. The zero-order valence-electron chi connectivity index (χ0n) is 11.2. The molecule has 1 aromatic carbocycles. The van der Waals surface area contributed by atoms with E-state index in [9.17, 15) is 0 Å². The van der Waals surface area contributed by atoms with E-state index in [4.69, 9.17) is 5.73 Å². The lowest BCUT2D eigenvalue weighted by atomic mass is 9.85. The number of nitrogens with two attached hydrogens (primary N) is 1. The second-order valence-electron chi connectivity index (χ2n) is 5.36. The summed E-state index contributed by atoms with van der Waals surface area (Å²) in [6.07, 6.45) is 3.68. The van der Waals surface area contributed by atoms with Gasteiger partial charge in [-0.25, -0.2) is 0 Å². The van der Waals surface area contributed by atoms with Crippen molar-refractivity contribution in [3.8, 4) is 10.6 Å². The topological polar surface area (TPSA) is 69.1 Å². The van der Waals surface area contributed by atoms with E-state index in [1.807, 2.05) is 23.6 Å². The molecule has 102 valence electrons. The van der Waals surface area contributed by atoms with Crippen molar-refractivity contribution in [2.75, 3.05) is 5.73 Å².